The van der Waals surface area contributed by atoms with E-state index in [9.17, 15) is 0 Å². The zero-order chi connectivity index (χ0) is 14.4. The summed E-state index contributed by atoms with van der Waals surface area (Å²) >= 11 is 0. The van der Waals surface area contributed by atoms with Gasteiger partial charge >= 0.3 is 0 Å². The van der Waals surface area contributed by atoms with Gasteiger partial charge in [-0.05, 0) is 56.3 Å². The van der Waals surface area contributed by atoms with Gasteiger partial charge in [0.05, 0.1) is 0 Å². The first-order valence-electron chi connectivity index (χ1n) is 8.27. The predicted molar refractivity (Wildman–Crippen MR) is 87.3 cm³/mol. The summed E-state index contributed by atoms with van der Waals surface area (Å²) in [5.41, 5.74) is 3.38. The van der Waals surface area contributed by atoms with Crippen molar-refractivity contribution < 1.29 is 0 Å². The van der Waals surface area contributed by atoms with Crippen LogP contribution in [0.2, 0.25) is 0 Å². The van der Waals surface area contributed by atoms with Gasteiger partial charge in [0.2, 0.25) is 0 Å². The van der Waals surface area contributed by atoms with Crippen LogP contribution >= 0.6 is 0 Å². The molecular weight excluding hydrogens is 228 g/mol. The van der Waals surface area contributed by atoms with E-state index in [1.165, 1.54) is 38.5 Å². The second-order valence-electron chi connectivity index (χ2n) is 7.13. The van der Waals surface area contributed by atoms with E-state index in [2.05, 4.69) is 47.3 Å². The Labute approximate surface area is 121 Å². The zero-order valence-electron chi connectivity index (χ0n) is 13.8. The van der Waals surface area contributed by atoms with E-state index in [1.54, 1.807) is 11.1 Å². The lowest BCUT2D eigenvalue weighted by atomic mass is 9.76. The first kappa shape index (κ1) is 16.5. The molecule has 0 aliphatic heterocycles. The summed E-state index contributed by atoms with van der Waals surface area (Å²) in [5, 5.41) is 0. The van der Waals surface area contributed by atoms with E-state index in [4.69, 9.17) is 0 Å². The fourth-order valence-corrected chi connectivity index (χ4v) is 3.48. The maximum Gasteiger partial charge on any atom is -0.00517 e. The van der Waals surface area contributed by atoms with Crippen molar-refractivity contribution in [3.05, 3.63) is 23.8 Å². The normalized spacial score (nSPS) is 27.1. The molecule has 0 amide bonds. The summed E-state index contributed by atoms with van der Waals surface area (Å²) in [5.74, 6) is 3.10. The van der Waals surface area contributed by atoms with Crippen LogP contribution in [0.3, 0.4) is 0 Å². The Balaban J connectivity index is 2.90. The fraction of sp³-hybridized carbons (Fsp3) is 0.789. The summed E-state index contributed by atoms with van der Waals surface area (Å²) in [7, 11) is 0. The first-order chi connectivity index (χ1) is 8.95. The molecule has 3 atom stereocenters. The first-order valence-corrected chi connectivity index (χ1v) is 8.27. The quantitative estimate of drug-likeness (QED) is 0.504. The number of allylic oxidation sites excluding steroid dienone is 3. The predicted octanol–water partition coefficient (Wildman–Crippen LogP) is 6.39. The molecule has 0 aromatic rings. The molecule has 110 valence electrons. The van der Waals surface area contributed by atoms with Crippen molar-refractivity contribution in [3.63, 3.8) is 0 Å². The van der Waals surface area contributed by atoms with Crippen LogP contribution in [-0.4, -0.2) is 0 Å². The van der Waals surface area contributed by atoms with E-state index in [-0.39, 0.29) is 0 Å². The van der Waals surface area contributed by atoms with Crippen LogP contribution in [0.15, 0.2) is 23.8 Å². The molecule has 0 heterocycles. The summed E-state index contributed by atoms with van der Waals surface area (Å²) in [6.07, 6.45) is 10.3. The molecule has 0 saturated carbocycles. The standard InChI is InChI=1S/C19H34/c1-7-16(5)19-10-8-9-15(4)13-18(17(19)6)12-11-14(2)3/h7,14-16,18H,1,8-13H2,2-6H3. The van der Waals surface area contributed by atoms with Gasteiger partial charge in [-0.15, -0.1) is 6.58 Å². The molecule has 0 radical (unpaired) electrons. The minimum Gasteiger partial charge on any atom is -0.102 e. The summed E-state index contributed by atoms with van der Waals surface area (Å²) in [4.78, 5) is 0. The highest BCUT2D eigenvalue weighted by Gasteiger charge is 2.22. The zero-order valence-corrected chi connectivity index (χ0v) is 13.8. The molecule has 0 aromatic carbocycles. The smallest absolute Gasteiger partial charge is 0.00517 e. The van der Waals surface area contributed by atoms with E-state index in [0.29, 0.717) is 5.92 Å². The highest BCUT2D eigenvalue weighted by Crippen LogP contribution is 2.36. The topological polar surface area (TPSA) is 0 Å². The van der Waals surface area contributed by atoms with Crippen molar-refractivity contribution in [2.45, 2.75) is 73.1 Å². The van der Waals surface area contributed by atoms with Crippen molar-refractivity contribution >= 4 is 0 Å². The molecule has 1 aliphatic carbocycles. The highest BCUT2D eigenvalue weighted by molar-refractivity contribution is 5.21. The van der Waals surface area contributed by atoms with Crippen molar-refractivity contribution in [2.75, 3.05) is 0 Å². The van der Waals surface area contributed by atoms with E-state index in [0.717, 1.165) is 17.8 Å². The molecule has 0 heteroatoms. The fourth-order valence-electron chi connectivity index (χ4n) is 3.48. The van der Waals surface area contributed by atoms with Crippen LogP contribution in [0, 0.1) is 23.7 Å². The SMILES string of the molecule is C=CC(C)C1=C(C)C(CCC(C)C)CC(C)CCC1. The second kappa shape index (κ2) is 7.92. The molecule has 0 bridgehead atoms. The van der Waals surface area contributed by atoms with Gasteiger partial charge < -0.3 is 0 Å². The Kier molecular flexibility index (Phi) is 6.89. The van der Waals surface area contributed by atoms with Gasteiger partial charge in [-0.25, -0.2) is 0 Å². The Morgan fingerprint density at radius 2 is 2.00 bits per heavy atom. The van der Waals surface area contributed by atoms with Crippen molar-refractivity contribution in [1.82, 2.24) is 0 Å². The van der Waals surface area contributed by atoms with E-state index < -0.39 is 0 Å². The highest BCUT2D eigenvalue weighted by atomic mass is 14.3. The monoisotopic (exact) mass is 262 g/mol. The molecule has 0 N–H and O–H groups in total. The molecular formula is C19H34. The lowest BCUT2D eigenvalue weighted by Crippen LogP contribution is -2.16. The molecule has 0 saturated heterocycles. The Morgan fingerprint density at radius 1 is 1.32 bits per heavy atom. The Hall–Kier alpha value is -0.520. The van der Waals surface area contributed by atoms with Crippen LogP contribution in [-0.2, 0) is 0 Å². The third-order valence-electron chi connectivity index (χ3n) is 4.94. The number of rotatable bonds is 5. The Morgan fingerprint density at radius 3 is 2.58 bits per heavy atom. The summed E-state index contributed by atoms with van der Waals surface area (Å²) < 4.78 is 0. The minimum atomic E-state index is 0.565. The average molecular weight is 262 g/mol. The number of hydrogen-bond acceptors (Lipinski definition) is 0. The van der Waals surface area contributed by atoms with Gasteiger partial charge in [-0.1, -0.05) is 57.8 Å². The average Bonchev–Trinajstić information content (AvgIpc) is 2.36. The molecule has 0 spiro atoms. The molecule has 0 nitrogen and oxygen atoms in total. The molecule has 1 rings (SSSR count). The van der Waals surface area contributed by atoms with E-state index in [1.807, 2.05) is 0 Å². The van der Waals surface area contributed by atoms with Crippen molar-refractivity contribution in [1.29, 1.82) is 0 Å². The molecule has 0 aromatic heterocycles. The summed E-state index contributed by atoms with van der Waals surface area (Å²) in [6, 6.07) is 0. The Bertz CT molecular complexity index is 308. The second-order valence-corrected chi connectivity index (χ2v) is 7.13. The van der Waals surface area contributed by atoms with Crippen LogP contribution in [0.4, 0.5) is 0 Å². The van der Waals surface area contributed by atoms with Crippen LogP contribution in [0.1, 0.15) is 73.1 Å². The summed E-state index contributed by atoms with van der Waals surface area (Å²) in [6.45, 7) is 15.9. The van der Waals surface area contributed by atoms with Crippen LogP contribution < -0.4 is 0 Å². The van der Waals surface area contributed by atoms with Gasteiger partial charge in [0.25, 0.3) is 0 Å². The van der Waals surface area contributed by atoms with Crippen molar-refractivity contribution in [3.8, 4) is 0 Å². The van der Waals surface area contributed by atoms with Crippen LogP contribution in [0.25, 0.3) is 0 Å². The molecule has 3 unspecified atom stereocenters. The molecule has 1 aliphatic rings. The third kappa shape index (κ3) is 5.16. The number of hydrogen-bond donors (Lipinski definition) is 0. The van der Waals surface area contributed by atoms with Gasteiger partial charge in [0.1, 0.15) is 0 Å². The lowest BCUT2D eigenvalue weighted by molar-refractivity contribution is 0.348. The molecule has 19 heavy (non-hydrogen) atoms. The van der Waals surface area contributed by atoms with Gasteiger partial charge in [-0.3, -0.25) is 0 Å². The van der Waals surface area contributed by atoms with Gasteiger partial charge in [0, 0.05) is 0 Å². The van der Waals surface area contributed by atoms with E-state index >= 15 is 0 Å². The van der Waals surface area contributed by atoms with Gasteiger partial charge in [-0.2, -0.15) is 0 Å². The minimum absolute atomic E-state index is 0.565. The van der Waals surface area contributed by atoms with Gasteiger partial charge in [0.15, 0.2) is 0 Å². The largest absolute Gasteiger partial charge is 0.102 e. The van der Waals surface area contributed by atoms with Crippen LogP contribution in [0.5, 0.6) is 0 Å². The maximum atomic E-state index is 4.00. The molecule has 0 fully saturated rings. The van der Waals surface area contributed by atoms with Crippen molar-refractivity contribution in [2.24, 2.45) is 23.7 Å². The maximum absolute atomic E-state index is 4.00. The third-order valence-corrected chi connectivity index (χ3v) is 4.94. The lowest BCUT2D eigenvalue weighted by Gasteiger charge is -2.30.